The number of carbonyl (C=O) groups excluding carboxylic acids is 1. The third-order valence-electron chi connectivity index (χ3n) is 4.08. The van der Waals surface area contributed by atoms with Crippen molar-refractivity contribution in [2.75, 3.05) is 27.7 Å². The molecule has 28 heavy (non-hydrogen) atoms. The summed E-state index contributed by atoms with van der Waals surface area (Å²) in [5.74, 6) is 2.91. The van der Waals surface area contributed by atoms with Crippen LogP contribution in [0.5, 0.6) is 5.75 Å². The number of amides is 1. The van der Waals surface area contributed by atoms with Crippen LogP contribution in [0, 0.1) is 6.92 Å². The van der Waals surface area contributed by atoms with Gasteiger partial charge in [0.05, 0.1) is 26.7 Å². The van der Waals surface area contributed by atoms with Gasteiger partial charge in [-0.15, -0.1) is 34.2 Å². The molecule has 1 heterocycles. The molecule has 0 fully saturated rings. The molecule has 2 N–H and O–H groups in total. The summed E-state index contributed by atoms with van der Waals surface area (Å²) in [6.45, 7) is 2.96. The maximum Gasteiger partial charge on any atom is 0.241 e. The van der Waals surface area contributed by atoms with E-state index in [0.717, 1.165) is 23.0 Å². The summed E-state index contributed by atoms with van der Waals surface area (Å²) < 4.78 is 7.07. The fourth-order valence-electron chi connectivity index (χ4n) is 2.16. The van der Waals surface area contributed by atoms with Gasteiger partial charge in [0, 0.05) is 21.1 Å². The zero-order chi connectivity index (χ0) is 19.8. The molecule has 2 rings (SSSR count). The number of likely N-dealkylation sites (N-methyl/N-ethyl adjacent to an activating group) is 1. The van der Waals surface area contributed by atoms with Crippen LogP contribution in [0.25, 0.3) is 0 Å². The van der Waals surface area contributed by atoms with E-state index in [1.165, 1.54) is 4.90 Å². The van der Waals surface area contributed by atoms with E-state index < -0.39 is 0 Å². The molecule has 10 heteroatoms. The lowest BCUT2D eigenvalue weighted by Gasteiger charge is -2.15. The third-order valence-corrected chi connectivity index (χ3v) is 4.08. The highest BCUT2D eigenvalue weighted by molar-refractivity contribution is 14.0. The van der Waals surface area contributed by atoms with E-state index in [1.807, 2.05) is 42.8 Å². The van der Waals surface area contributed by atoms with Crippen molar-refractivity contribution < 1.29 is 9.53 Å². The van der Waals surface area contributed by atoms with Gasteiger partial charge in [-0.2, -0.15) is 0 Å². The van der Waals surface area contributed by atoms with Crippen molar-refractivity contribution in [3.8, 4) is 5.75 Å². The van der Waals surface area contributed by atoms with Gasteiger partial charge in [0.2, 0.25) is 5.91 Å². The minimum Gasteiger partial charge on any atom is -0.497 e. The lowest BCUT2D eigenvalue weighted by Crippen LogP contribution is -2.43. The predicted octanol–water partition coefficient (Wildman–Crippen LogP) is 1.07. The fraction of sp³-hybridized carbons (Fsp3) is 0.444. The number of hydrogen-bond acceptors (Lipinski definition) is 5. The van der Waals surface area contributed by atoms with Gasteiger partial charge in [0.1, 0.15) is 11.6 Å². The Kier molecular flexibility index (Phi) is 9.69. The molecule has 0 saturated carbocycles. The number of methoxy groups -OCH3 is 1. The first-order chi connectivity index (χ1) is 12.9. The Hall–Kier alpha value is -2.37. The molecule has 0 aliphatic heterocycles. The summed E-state index contributed by atoms with van der Waals surface area (Å²) >= 11 is 0. The van der Waals surface area contributed by atoms with Gasteiger partial charge in [-0.3, -0.25) is 4.79 Å². The SMILES string of the molecule is COc1ccc(CN=C(NCC(=O)N(C)C)NCc2nnc(C)n2C)cc1.I. The number of carbonyl (C=O) groups is 1. The largest absolute Gasteiger partial charge is 0.497 e. The smallest absolute Gasteiger partial charge is 0.241 e. The average molecular weight is 501 g/mol. The van der Waals surface area contributed by atoms with Gasteiger partial charge in [-0.1, -0.05) is 12.1 Å². The first-order valence-corrected chi connectivity index (χ1v) is 8.61. The van der Waals surface area contributed by atoms with Crippen LogP contribution in [0.2, 0.25) is 0 Å². The van der Waals surface area contributed by atoms with E-state index in [2.05, 4.69) is 25.8 Å². The summed E-state index contributed by atoms with van der Waals surface area (Å²) in [6.07, 6.45) is 0. The van der Waals surface area contributed by atoms with Crippen LogP contribution < -0.4 is 15.4 Å². The topological polar surface area (TPSA) is 96.7 Å². The Morgan fingerprint density at radius 2 is 1.89 bits per heavy atom. The summed E-state index contributed by atoms with van der Waals surface area (Å²) in [6, 6.07) is 7.69. The fourth-order valence-corrected chi connectivity index (χ4v) is 2.16. The zero-order valence-electron chi connectivity index (χ0n) is 16.9. The van der Waals surface area contributed by atoms with Crippen molar-refractivity contribution in [3.05, 3.63) is 41.5 Å². The molecule has 1 aromatic heterocycles. The number of benzene rings is 1. The summed E-state index contributed by atoms with van der Waals surface area (Å²) in [7, 11) is 6.97. The summed E-state index contributed by atoms with van der Waals surface area (Å²) in [5, 5.41) is 14.4. The first kappa shape index (κ1) is 23.7. The third kappa shape index (κ3) is 6.98. The Balaban J connectivity index is 0.00000392. The van der Waals surface area contributed by atoms with Crippen LogP contribution >= 0.6 is 24.0 Å². The maximum absolute atomic E-state index is 11.9. The molecule has 2 aromatic rings. The van der Waals surface area contributed by atoms with Gasteiger partial charge in [0.25, 0.3) is 0 Å². The molecule has 9 nitrogen and oxygen atoms in total. The number of aromatic nitrogens is 3. The van der Waals surface area contributed by atoms with Crippen LogP contribution in [-0.4, -0.2) is 59.3 Å². The van der Waals surface area contributed by atoms with E-state index in [0.29, 0.717) is 19.0 Å². The van der Waals surface area contributed by atoms with Crippen LogP contribution in [0.4, 0.5) is 0 Å². The second-order valence-corrected chi connectivity index (χ2v) is 6.23. The van der Waals surface area contributed by atoms with Crippen LogP contribution in [0.15, 0.2) is 29.3 Å². The molecule has 154 valence electrons. The number of ether oxygens (including phenoxy) is 1. The first-order valence-electron chi connectivity index (χ1n) is 8.61. The van der Waals surface area contributed by atoms with Crippen LogP contribution in [0.3, 0.4) is 0 Å². The Labute approximate surface area is 182 Å². The van der Waals surface area contributed by atoms with Gasteiger partial charge in [-0.25, -0.2) is 4.99 Å². The number of nitrogens with one attached hydrogen (secondary N) is 2. The Bertz CT molecular complexity index is 788. The van der Waals surface area contributed by atoms with Gasteiger partial charge in [-0.05, 0) is 24.6 Å². The quantitative estimate of drug-likeness (QED) is 0.335. The van der Waals surface area contributed by atoms with Gasteiger partial charge < -0.3 is 24.8 Å². The van der Waals surface area contributed by atoms with Crippen LogP contribution in [-0.2, 0) is 24.9 Å². The number of nitrogens with zero attached hydrogens (tertiary/aromatic N) is 5. The molecule has 0 spiro atoms. The average Bonchev–Trinajstić information content (AvgIpc) is 2.99. The zero-order valence-corrected chi connectivity index (χ0v) is 19.2. The maximum atomic E-state index is 11.9. The van der Waals surface area contributed by atoms with E-state index >= 15 is 0 Å². The second kappa shape index (κ2) is 11.5. The van der Waals surface area contributed by atoms with Crippen molar-refractivity contribution in [2.24, 2.45) is 12.0 Å². The number of aliphatic imine (C=N–C) groups is 1. The molecule has 0 bridgehead atoms. The molecular formula is C18H28IN7O2. The Morgan fingerprint density at radius 3 is 2.43 bits per heavy atom. The highest BCUT2D eigenvalue weighted by atomic mass is 127. The van der Waals surface area contributed by atoms with E-state index in [9.17, 15) is 4.79 Å². The summed E-state index contributed by atoms with van der Waals surface area (Å²) in [4.78, 5) is 17.9. The van der Waals surface area contributed by atoms with E-state index in [-0.39, 0.29) is 36.4 Å². The normalized spacial score (nSPS) is 10.8. The number of guanidine groups is 1. The number of halogens is 1. The number of rotatable bonds is 7. The number of hydrogen-bond donors (Lipinski definition) is 2. The Morgan fingerprint density at radius 1 is 1.21 bits per heavy atom. The minimum atomic E-state index is -0.0385. The predicted molar refractivity (Wildman–Crippen MR) is 119 cm³/mol. The second-order valence-electron chi connectivity index (χ2n) is 6.23. The van der Waals surface area contributed by atoms with Crippen LogP contribution in [0.1, 0.15) is 17.2 Å². The molecular weight excluding hydrogens is 473 g/mol. The molecule has 0 aliphatic rings. The van der Waals surface area contributed by atoms with Crippen molar-refractivity contribution in [1.29, 1.82) is 0 Å². The molecule has 1 aromatic carbocycles. The molecule has 0 aliphatic carbocycles. The lowest BCUT2D eigenvalue weighted by atomic mass is 10.2. The molecule has 1 amide bonds. The minimum absolute atomic E-state index is 0. The number of aryl methyl sites for hydroxylation is 1. The highest BCUT2D eigenvalue weighted by Gasteiger charge is 2.09. The van der Waals surface area contributed by atoms with Gasteiger partial charge >= 0.3 is 0 Å². The monoisotopic (exact) mass is 501 g/mol. The standard InChI is InChI=1S/C18H27N7O2.HI/c1-13-22-23-16(25(13)4)11-20-18(21-12-17(26)24(2)3)19-10-14-6-8-15(27-5)9-7-14;/h6-9H,10-12H2,1-5H3,(H2,19,20,21);1H. The van der Waals surface area contributed by atoms with Crippen molar-refractivity contribution in [2.45, 2.75) is 20.0 Å². The lowest BCUT2D eigenvalue weighted by molar-refractivity contribution is -0.127. The van der Waals surface area contributed by atoms with Crippen molar-refractivity contribution in [1.82, 2.24) is 30.3 Å². The van der Waals surface area contributed by atoms with E-state index in [1.54, 1.807) is 21.2 Å². The van der Waals surface area contributed by atoms with Crippen molar-refractivity contribution in [3.63, 3.8) is 0 Å². The summed E-state index contributed by atoms with van der Waals surface area (Å²) in [5.41, 5.74) is 1.03. The highest BCUT2D eigenvalue weighted by Crippen LogP contribution is 2.11. The molecule has 0 atom stereocenters. The van der Waals surface area contributed by atoms with Crippen molar-refractivity contribution >= 4 is 35.8 Å². The molecule has 0 radical (unpaired) electrons. The van der Waals surface area contributed by atoms with E-state index in [4.69, 9.17) is 4.74 Å². The molecule has 0 unspecified atom stereocenters. The molecule has 0 saturated heterocycles. The van der Waals surface area contributed by atoms with Gasteiger partial charge in [0.15, 0.2) is 11.8 Å².